The topological polar surface area (TPSA) is 39.2 Å². The summed E-state index contributed by atoms with van der Waals surface area (Å²) in [4.78, 5) is 14.7. The zero-order chi connectivity index (χ0) is 8.10. The van der Waals surface area contributed by atoms with E-state index in [1.807, 2.05) is 0 Å². The van der Waals surface area contributed by atoms with Crippen molar-refractivity contribution in [2.24, 2.45) is 0 Å². The second-order valence-corrected chi connectivity index (χ2v) is 1.89. The Morgan fingerprint density at radius 3 is 3.18 bits per heavy atom. The first-order chi connectivity index (χ1) is 5.34. The van der Waals surface area contributed by atoms with Crippen LogP contribution in [0.4, 0.5) is 0 Å². The molecule has 3 nitrogen and oxygen atoms in total. The van der Waals surface area contributed by atoms with Gasteiger partial charge in [0.05, 0.1) is 12.2 Å². The molecule has 0 saturated heterocycles. The molecule has 0 aliphatic rings. The highest BCUT2D eigenvalue weighted by Crippen LogP contribution is 1.97. The third kappa shape index (κ3) is 2.04. The number of hydrogen-bond acceptors (Lipinski definition) is 3. The van der Waals surface area contributed by atoms with E-state index in [1.165, 1.54) is 12.4 Å². The lowest BCUT2D eigenvalue weighted by atomic mass is 10.3. The van der Waals surface area contributed by atoms with Crippen molar-refractivity contribution in [1.29, 1.82) is 0 Å². The molecule has 0 aliphatic carbocycles. The predicted octanol–water partition coefficient (Wildman–Crippen LogP) is 1.06. The van der Waals surface area contributed by atoms with Crippen molar-refractivity contribution in [2.75, 3.05) is 6.61 Å². The highest BCUT2D eigenvalue weighted by molar-refractivity contribution is 5.88. The van der Waals surface area contributed by atoms with Crippen molar-refractivity contribution < 1.29 is 9.53 Å². The van der Waals surface area contributed by atoms with E-state index in [1.54, 1.807) is 13.0 Å². The lowest BCUT2D eigenvalue weighted by Crippen LogP contribution is -2.04. The van der Waals surface area contributed by atoms with Crippen LogP contribution in [-0.4, -0.2) is 17.6 Å². The standard InChI is InChI=1S/C8H8NO2/c1-2-11-8(10)7-4-3-5-9-6-7/h4-6H,2H2,1H3. The average Bonchev–Trinajstić information content (AvgIpc) is 2.07. The van der Waals surface area contributed by atoms with E-state index < -0.39 is 0 Å². The normalized spacial score (nSPS) is 9.18. The molecule has 0 fully saturated rings. The first-order valence-corrected chi connectivity index (χ1v) is 3.33. The van der Waals surface area contributed by atoms with Gasteiger partial charge < -0.3 is 4.74 Å². The van der Waals surface area contributed by atoms with Crippen molar-refractivity contribution >= 4 is 5.97 Å². The molecule has 1 aromatic rings. The number of carbonyl (C=O) groups excluding carboxylic acids is 1. The molecule has 0 atom stereocenters. The number of aromatic nitrogens is 1. The van der Waals surface area contributed by atoms with Crippen molar-refractivity contribution in [3.05, 3.63) is 30.1 Å². The van der Waals surface area contributed by atoms with Gasteiger partial charge in [0, 0.05) is 18.5 Å². The van der Waals surface area contributed by atoms with Crippen LogP contribution >= 0.6 is 0 Å². The summed E-state index contributed by atoms with van der Waals surface area (Å²) in [7, 11) is 0. The quantitative estimate of drug-likeness (QED) is 0.592. The maximum Gasteiger partial charge on any atom is 0.339 e. The Bertz CT molecular complexity index is 233. The monoisotopic (exact) mass is 150 g/mol. The molecule has 11 heavy (non-hydrogen) atoms. The second kappa shape index (κ2) is 3.71. The van der Waals surface area contributed by atoms with Gasteiger partial charge in [-0.3, -0.25) is 4.98 Å². The lowest BCUT2D eigenvalue weighted by Gasteiger charge is -1.98. The van der Waals surface area contributed by atoms with E-state index in [2.05, 4.69) is 11.1 Å². The van der Waals surface area contributed by atoms with E-state index in [0.717, 1.165) is 0 Å². The maximum absolute atomic E-state index is 11.0. The van der Waals surface area contributed by atoms with Gasteiger partial charge in [0.2, 0.25) is 0 Å². The summed E-state index contributed by atoms with van der Waals surface area (Å²) in [5, 5.41) is 0. The summed E-state index contributed by atoms with van der Waals surface area (Å²) in [6.07, 6.45) is 2.94. The molecule has 0 aromatic carbocycles. The highest BCUT2D eigenvalue weighted by Gasteiger charge is 2.03. The molecule has 0 N–H and O–H groups in total. The van der Waals surface area contributed by atoms with Crippen molar-refractivity contribution in [1.82, 2.24) is 4.98 Å². The summed E-state index contributed by atoms with van der Waals surface area (Å²) in [6.45, 7) is 2.14. The SMILES string of the molecule is CCOC(=O)c1c[c]cnc1. The molecule has 3 heteroatoms. The molecule has 0 unspecified atom stereocenters. The van der Waals surface area contributed by atoms with Crippen LogP contribution in [0.5, 0.6) is 0 Å². The molecule has 1 aromatic heterocycles. The highest BCUT2D eigenvalue weighted by atomic mass is 16.5. The van der Waals surface area contributed by atoms with Crippen LogP contribution in [0.2, 0.25) is 0 Å². The Hall–Kier alpha value is -1.38. The van der Waals surface area contributed by atoms with E-state index >= 15 is 0 Å². The number of nitrogens with zero attached hydrogens (tertiary/aromatic N) is 1. The molecule has 1 heterocycles. The molecule has 0 aliphatic heterocycles. The number of pyridine rings is 1. The summed E-state index contributed by atoms with van der Waals surface area (Å²) in [6, 6.07) is 4.23. The minimum absolute atomic E-state index is 0.350. The van der Waals surface area contributed by atoms with E-state index in [0.29, 0.717) is 12.2 Å². The minimum atomic E-state index is -0.350. The van der Waals surface area contributed by atoms with Crippen molar-refractivity contribution in [3.63, 3.8) is 0 Å². The van der Waals surface area contributed by atoms with Crippen LogP contribution in [0.15, 0.2) is 18.5 Å². The summed E-state index contributed by atoms with van der Waals surface area (Å²) < 4.78 is 4.73. The number of carbonyl (C=O) groups is 1. The molecule has 1 radical (unpaired) electrons. The summed E-state index contributed by atoms with van der Waals surface area (Å²) in [5.74, 6) is -0.350. The number of rotatable bonds is 2. The molecule has 1 rings (SSSR count). The molecule has 0 spiro atoms. The third-order valence-electron chi connectivity index (χ3n) is 1.11. The van der Waals surface area contributed by atoms with Gasteiger partial charge in [-0.25, -0.2) is 4.79 Å². The van der Waals surface area contributed by atoms with Crippen LogP contribution in [0, 0.1) is 6.07 Å². The minimum Gasteiger partial charge on any atom is -0.462 e. The van der Waals surface area contributed by atoms with Crippen LogP contribution in [0.1, 0.15) is 17.3 Å². The largest absolute Gasteiger partial charge is 0.462 e. The Labute approximate surface area is 65.0 Å². The average molecular weight is 150 g/mol. The Balaban J connectivity index is 2.69. The number of ether oxygens (including phenoxy) is 1. The van der Waals surface area contributed by atoms with Crippen LogP contribution in [0.25, 0.3) is 0 Å². The maximum atomic E-state index is 11.0. The Morgan fingerprint density at radius 1 is 1.82 bits per heavy atom. The Kier molecular flexibility index (Phi) is 2.60. The number of hydrogen-bond donors (Lipinski definition) is 0. The van der Waals surface area contributed by atoms with E-state index in [-0.39, 0.29) is 5.97 Å². The first-order valence-electron chi connectivity index (χ1n) is 3.33. The van der Waals surface area contributed by atoms with Crippen LogP contribution in [0.3, 0.4) is 0 Å². The fourth-order valence-corrected chi connectivity index (χ4v) is 0.651. The molecule has 0 bridgehead atoms. The van der Waals surface area contributed by atoms with Gasteiger partial charge >= 0.3 is 5.97 Å². The third-order valence-corrected chi connectivity index (χ3v) is 1.11. The molecular weight excluding hydrogens is 142 g/mol. The zero-order valence-electron chi connectivity index (χ0n) is 6.20. The van der Waals surface area contributed by atoms with E-state index in [9.17, 15) is 4.79 Å². The van der Waals surface area contributed by atoms with Gasteiger partial charge in [-0.05, 0) is 13.0 Å². The van der Waals surface area contributed by atoms with E-state index in [4.69, 9.17) is 4.74 Å². The summed E-state index contributed by atoms with van der Waals surface area (Å²) in [5.41, 5.74) is 0.439. The van der Waals surface area contributed by atoms with Gasteiger partial charge in [0.15, 0.2) is 0 Å². The fourth-order valence-electron chi connectivity index (χ4n) is 0.651. The predicted molar refractivity (Wildman–Crippen MR) is 39.0 cm³/mol. The first kappa shape index (κ1) is 7.72. The lowest BCUT2D eigenvalue weighted by molar-refractivity contribution is 0.0526. The molecular formula is C8H8NO2. The smallest absolute Gasteiger partial charge is 0.339 e. The van der Waals surface area contributed by atoms with Crippen LogP contribution < -0.4 is 0 Å². The second-order valence-electron chi connectivity index (χ2n) is 1.89. The van der Waals surface area contributed by atoms with Crippen molar-refractivity contribution in [2.45, 2.75) is 6.92 Å². The summed E-state index contributed by atoms with van der Waals surface area (Å²) >= 11 is 0. The molecule has 0 saturated carbocycles. The molecule has 57 valence electrons. The van der Waals surface area contributed by atoms with Crippen LogP contribution in [-0.2, 0) is 4.74 Å². The van der Waals surface area contributed by atoms with Gasteiger partial charge in [-0.15, -0.1) is 0 Å². The van der Waals surface area contributed by atoms with Gasteiger partial charge in [0.1, 0.15) is 0 Å². The Morgan fingerprint density at radius 2 is 2.64 bits per heavy atom. The molecule has 0 amide bonds. The number of esters is 1. The zero-order valence-corrected chi connectivity index (χ0v) is 6.20. The fraction of sp³-hybridized carbons (Fsp3) is 0.250. The van der Waals surface area contributed by atoms with Gasteiger partial charge in [-0.1, -0.05) is 0 Å². The van der Waals surface area contributed by atoms with Gasteiger partial charge in [-0.2, -0.15) is 0 Å². The van der Waals surface area contributed by atoms with Gasteiger partial charge in [0.25, 0.3) is 0 Å². The van der Waals surface area contributed by atoms with Crippen molar-refractivity contribution in [3.8, 4) is 0 Å².